The van der Waals surface area contributed by atoms with Gasteiger partial charge in [0.05, 0.1) is 28.9 Å². The highest BCUT2D eigenvalue weighted by Gasteiger charge is 2.17. The highest BCUT2D eigenvalue weighted by molar-refractivity contribution is 6.33. The van der Waals surface area contributed by atoms with E-state index < -0.39 is 11.9 Å². The molecular weight excluding hydrogens is 412 g/mol. The molecule has 11 heteroatoms. The van der Waals surface area contributed by atoms with E-state index in [1.165, 1.54) is 20.2 Å². The average Bonchev–Trinajstić information content (AvgIpc) is 2.75. The smallest absolute Gasteiger partial charge is 0.319 e. The summed E-state index contributed by atoms with van der Waals surface area (Å²) < 4.78 is 11.2. The molecule has 4 N–H and O–H groups in total. The number of amides is 3. The predicted molar refractivity (Wildman–Crippen MR) is 111 cm³/mol. The molecule has 0 aliphatic heterocycles. The van der Waals surface area contributed by atoms with Gasteiger partial charge in [-0.15, -0.1) is 0 Å². The molecule has 0 atom stereocenters. The molecule has 2 aromatic carbocycles. The van der Waals surface area contributed by atoms with Crippen LogP contribution in [-0.4, -0.2) is 31.1 Å². The fourth-order valence-corrected chi connectivity index (χ4v) is 2.87. The van der Waals surface area contributed by atoms with Crippen molar-refractivity contribution >= 4 is 40.1 Å². The number of hydrogen-bond acceptors (Lipinski definition) is 6. The second-order valence-corrected chi connectivity index (χ2v) is 6.25. The van der Waals surface area contributed by atoms with E-state index in [0.29, 0.717) is 28.1 Å². The number of hydrogen-bond donors (Lipinski definition) is 3. The summed E-state index contributed by atoms with van der Waals surface area (Å²) in [4.78, 5) is 27.9. The van der Waals surface area contributed by atoms with Gasteiger partial charge in [0.1, 0.15) is 17.2 Å². The van der Waals surface area contributed by atoms with Gasteiger partial charge in [0.15, 0.2) is 0 Å². The van der Waals surface area contributed by atoms with Crippen molar-refractivity contribution in [2.75, 3.05) is 19.5 Å². The molecular formula is C19H17ClN6O4. The molecule has 0 unspecified atom stereocenters. The number of anilines is 1. The van der Waals surface area contributed by atoms with E-state index in [2.05, 4.69) is 26.0 Å². The summed E-state index contributed by atoms with van der Waals surface area (Å²) in [6.07, 6.45) is 1.56. The van der Waals surface area contributed by atoms with Crippen LogP contribution in [0.4, 0.5) is 10.5 Å². The van der Waals surface area contributed by atoms with Crippen LogP contribution >= 0.6 is 11.6 Å². The van der Waals surface area contributed by atoms with Crippen molar-refractivity contribution in [3.63, 3.8) is 0 Å². The lowest BCUT2D eigenvalue weighted by Gasteiger charge is -2.13. The normalized spacial score (nSPS) is 10.8. The van der Waals surface area contributed by atoms with Crippen LogP contribution in [0.2, 0.25) is 5.02 Å². The first-order valence-corrected chi connectivity index (χ1v) is 8.92. The first-order chi connectivity index (χ1) is 14.5. The standard InChI is InChI=1S/C19H17ClN6O4/c1-22-19(28)24-14-4-3-10(7-13(14)20)30-16-5-6-23-15-9-17(29-2)12(8-11(15)16)18(27)25-26-21/h3-9H,1-2H3,(H2,21,25,27)(H2,22,24,28). The molecule has 1 aromatic heterocycles. The molecule has 3 rings (SSSR count). The molecule has 0 fully saturated rings. The molecule has 0 radical (unpaired) electrons. The second-order valence-electron chi connectivity index (χ2n) is 5.85. The minimum atomic E-state index is -0.668. The van der Waals surface area contributed by atoms with Crippen LogP contribution in [0.25, 0.3) is 10.9 Å². The molecule has 154 valence electrons. The fourth-order valence-electron chi connectivity index (χ4n) is 2.65. The Labute approximate surface area is 176 Å². The number of halogens is 1. The highest BCUT2D eigenvalue weighted by atomic mass is 35.5. The average molecular weight is 429 g/mol. The summed E-state index contributed by atoms with van der Waals surface area (Å²) in [6.45, 7) is 0. The summed E-state index contributed by atoms with van der Waals surface area (Å²) in [5.41, 5.74) is 1.11. The topological polar surface area (TPSA) is 140 Å². The predicted octanol–water partition coefficient (Wildman–Crippen LogP) is 3.91. The summed E-state index contributed by atoms with van der Waals surface area (Å²) in [7, 11) is 2.92. The Morgan fingerprint density at radius 3 is 2.63 bits per heavy atom. The number of nitrogens with zero attached hydrogens (tertiary/aromatic N) is 3. The molecule has 3 aromatic rings. The van der Waals surface area contributed by atoms with E-state index in [4.69, 9.17) is 26.9 Å². The molecule has 3 amide bonds. The lowest BCUT2D eigenvalue weighted by Crippen LogP contribution is -2.24. The van der Waals surface area contributed by atoms with Crippen LogP contribution < -0.4 is 25.9 Å². The molecule has 0 aliphatic rings. The number of rotatable bonds is 5. The van der Waals surface area contributed by atoms with Crippen molar-refractivity contribution in [3.8, 4) is 17.2 Å². The third-order valence-corrected chi connectivity index (χ3v) is 4.36. The van der Waals surface area contributed by atoms with E-state index in [1.807, 2.05) is 0 Å². The van der Waals surface area contributed by atoms with Gasteiger partial charge in [-0.25, -0.2) is 4.79 Å². The Balaban J connectivity index is 2.00. The number of carbonyl (C=O) groups excluding carboxylic acids is 2. The zero-order valence-electron chi connectivity index (χ0n) is 16.0. The number of ether oxygens (including phenoxy) is 2. The molecule has 0 spiro atoms. The van der Waals surface area contributed by atoms with Gasteiger partial charge in [0, 0.05) is 30.8 Å². The van der Waals surface area contributed by atoms with E-state index in [1.54, 1.807) is 36.5 Å². The largest absolute Gasteiger partial charge is 0.496 e. The SMILES string of the molecule is CNC(=O)Nc1ccc(Oc2ccnc3cc(OC)c(C(=O)N=NN)cc23)cc1Cl. The van der Waals surface area contributed by atoms with Crippen LogP contribution in [0.5, 0.6) is 17.2 Å². The van der Waals surface area contributed by atoms with Gasteiger partial charge in [-0.3, -0.25) is 9.78 Å². The van der Waals surface area contributed by atoms with Crippen LogP contribution in [0, 0.1) is 0 Å². The van der Waals surface area contributed by atoms with Gasteiger partial charge in [-0.2, -0.15) is 0 Å². The van der Waals surface area contributed by atoms with Gasteiger partial charge in [-0.05, 0) is 24.3 Å². The van der Waals surface area contributed by atoms with Crippen LogP contribution in [0.1, 0.15) is 10.4 Å². The van der Waals surface area contributed by atoms with Crippen molar-refractivity contribution in [3.05, 3.63) is 53.2 Å². The van der Waals surface area contributed by atoms with Crippen molar-refractivity contribution in [1.29, 1.82) is 0 Å². The number of nitrogens with one attached hydrogen (secondary N) is 2. The van der Waals surface area contributed by atoms with Crippen molar-refractivity contribution in [1.82, 2.24) is 10.3 Å². The first-order valence-electron chi connectivity index (χ1n) is 8.55. The third-order valence-electron chi connectivity index (χ3n) is 4.05. The number of benzene rings is 2. The maximum absolute atomic E-state index is 12.2. The monoisotopic (exact) mass is 428 g/mol. The number of pyridine rings is 1. The van der Waals surface area contributed by atoms with Gasteiger partial charge in [-0.1, -0.05) is 21.9 Å². The quantitative estimate of drug-likeness (QED) is 0.319. The van der Waals surface area contributed by atoms with E-state index >= 15 is 0 Å². The molecule has 0 bridgehead atoms. The summed E-state index contributed by atoms with van der Waals surface area (Å²) in [5.74, 6) is 5.43. The molecule has 10 nitrogen and oxygen atoms in total. The number of aromatic nitrogens is 1. The number of fused-ring (bicyclic) bond motifs is 1. The zero-order valence-corrected chi connectivity index (χ0v) is 16.7. The summed E-state index contributed by atoms with van der Waals surface area (Å²) in [6, 6.07) is 9.17. The Morgan fingerprint density at radius 2 is 1.97 bits per heavy atom. The fraction of sp³-hybridized carbons (Fsp3) is 0.105. The van der Waals surface area contributed by atoms with Crippen molar-refractivity contribution in [2.24, 2.45) is 16.2 Å². The molecule has 1 heterocycles. The maximum atomic E-state index is 12.2. The van der Waals surface area contributed by atoms with Gasteiger partial charge in [0.2, 0.25) is 0 Å². The zero-order chi connectivity index (χ0) is 21.7. The lowest BCUT2D eigenvalue weighted by atomic mass is 10.1. The van der Waals surface area contributed by atoms with Crippen LogP contribution in [-0.2, 0) is 0 Å². The summed E-state index contributed by atoms with van der Waals surface area (Å²) >= 11 is 6.23. The second kappa shape index (κ2) is 9.05. The maximum Gasteiger partial charge on any atom is 0.319 e. The van der Waals surface area contributed by atoms with Crippen LogP contribution in [0.15, 0.2) is 52.9 Å². The number of urea groups is 1. The molecule has 0 saturated carbocycles. The van der Waals surface area contributed by atoms with Crippen molar-refractivity contribution < 1.29 is 19.1 Å². The third kappa shape index (κ3) is 4.39. The number of nitrogens with two attached hydrogens (primary N) is 1. The Bertz CT molecular complexity index is 1150. The lowest BCUT2D eigenvalue weighted by molar-refractivity contribution is 0.0991. The minimum Gasteiger partial charge on any atom is -0.496 e. The first kappa shape index (κ1) is 20.8. The van der Waals surface area contributed by atoms with E-state index in [0.717, 1.165) is 0 Å². The van der Waals surface area contributed by atoms with Gasteiger partial charge in [0.25, 0.3) is 0 Å². The number of carbonyl (C=O) groups is 2. The Morgan fingerprint density at radius 1 is 1.17 bits per heavy atom. The van der Waals surface area contributed by atoms with E-state index in [9.17, 15) is 9.59 Å². The molecule has 0 saturated heterocycles. The molecule has 30 heavy (non-hydrogen) atoms. The Hall–Kier alpha value is -3.92. The summed E-state index contributed by atoms with van der Waals surface area (Å²) in [5, 5.41) is 12.2. The minimum absolute atomic E-state index is 0.153. The van der Waals surface area contributed by atoms with Gasteiger partial charge < -0.3 is 25.9 Å². The van der Waals surface area contributed by atoms with E-state index in [-0.39, 0.29) is 16.3 Å². The Kier molecular flexibility index (Phi) is 6.28. The highest BCUT2D eigenvalue weighted by Crippen LogP contribution is 2.35. The number of methoxy groups -OCH3 is 1. The van der Waals surface area contributed by atoms with Crippen LogP contribution in [0.3, 0.4) is 0 Å². The molecule has 0 aliphatic carbocycles. The van der Waals surface area contributed by atoms with Crippen molar-refractivity contribution in [2.45, 2.75) is 0 Å². The van der Waals surface area contributed by atoms with Gasteiger partial charge >= 0.3 is 11.9 Å².